The van der Waals surface area contributed by atoms with Crippen molar-refractivity contribution in [3.63, 3.8) is 0 Å². The van der Waals surface area contributed by atoms with Gasteiger partial charge in [-0.3, -0.25) is 0 Å². The Kier molecular flexibility index (Phi) is 4.30. The molecule has 1 unspecified atom stereocenters. The van der Waals surface area contributed by atoms with Gasteiger partial charge in [0.15, 0.2) is 0 Å². The van der Waals surface area contributed by atoms with Gasteiger partial charge in [-0.05, 0) is 31.1 Å². The van der Waals surface area contributed by atoms with E-state index < -0.39 is 0 Å². The molecule has 0 amide bonds. The van der Waals surface area contributed by atoms with Crippen LogP contribution in [0, 0.1) is 0 Å². The molecular weight excluding hydrogens is 302 g/mol. The van der Waals surface area contributed by atoms with E-state index in [1.165, 1.54) is 24.1 Å². The predicted octanol–water partition coefficient (Wildman–Crippen LogP) is 5.09. The van der Waals surface area contributed by atoms with Gasteiger partial charge in [0.2, 0.25) is 0 Å². The molecule has 5 heteroatoms. The first-order valence-corrected chi connectivity index (χ1v) is 8.98. The van der Waals surface area contributed by atoms with Crippen molar-refractivity contribution in [1.29, 1.82) is 0 Å². The summed E-state index contributed by atoms with van der Waals surface area (Å²) >= 11 is 0. The summed E-state index contributed by atoms with van der Waals surface area (Å²) in [5.74, 6) is 0.927. The normalized spacial score (nSPS) is 17.2. The molecule has 0 bridgehead atoms. The average Bonchev–Trinajstić information content (AvgIpc) is 3.03. The molecule has 0 radical (unpaired) electrons. The predicted molar refractivity (Wildman–Crippen MR) is 92.2 cm³/mol. The van der Waals surface area contributed by atoms with E-state index in [2.05, 4.69) is 57.0 Å². The summed E-state index contributed by atoms with van der Waals surface area (Å²) in [6.07, 6.45) is 6.40. The number of aromatic nitrogens is 3. The van der Waals surface area contributed by atoms with Gasteiger partial charge in [0.1, 0.15) is 17.7 Å². The highest BCUT2D eigenvalue weighted by Gasteiger charge is 2.35. The van der Waals surface area contributed by atoms with Crippen LogP contribution in [0.4, 0.5) is 0 Å². The molecule has 0 N–H and O–H groups in total. The van der Waals surface area contributed by atoms with Crippen LogP contribution in [-0.4, -0.2) is 15.5 Å². The van der Waals surface area contributed by atoms with Crippen LogP contribution >= 0.6 is 0 Å². The van der Waals surface area contributed by atoms with Crippen LogP contribution in [0.25, 0.3) is 0 Å². The van der Waals surface area contributed by atoms with Crippen molar-refractivity contribution in [3.8, 4) is 0 Å². The lowest BCUT2D eigenvalue weighted by Gasteiger charge is -2.26. The van der Waals surface area contributed by atoms with Gasteiger partial charge in [0.05, 0.1) is 5.69 Å². The van der Waals surface area contributed by atoms with Crippen LogP contribution in [0.5, 0.6) is 0 Å². The van der Waals surface area contributed by atoms with Gasteiger partial charge in [0.25, 0.3) is 0 Å². The summed E-state index contributed by atoms with van der Waals surface area (Å²) in [7, 11) is 0. The van der Waals surface area contributed by atoms with Crippen molar-refractivity contribution in [1.82, 2.24) is 15.5 Å². The highest BCUT2D eigenvalue weighted by atomic mass is 16.6. The van der Waals surface area contributed by atoms with Crippen molar-refractivity contribution in [3.05, 3.63) is 28.9 Å². The molecule has 0 saturated heterocycles. The quantitative estimate of drug-likeness (QED) is 0.737. The lowest BCUT2D eigenvalue weighted by molar-refractivity contribution is 0.292. The van der Waals surface area contributed by atoms with Crippen molar-refractivity contribution in [2.45, 2.75) is 89.9 Å². The summed E-state index contributed by atoms with van der Waals surface area (Å²) in [6.45, 7) is 13.2. The highest BCUT2D eigenvalue weighted by Crippen LogP contribution is 2.45. The monoisotopic (exact) mass is 331 g/mol. The van der Waals surface area contributed by atoms with Crippen LogP contribution < -0.4 is 0 Å². The third-order valence-electron chi connectivity index (χ3n) is 5.18. The first-order valence-electron chi connectivity index (χ1n) is 8.98. The van der Waals surface area contributed by atoms with E-state index >= 15 is 0 Å². The molecule has 0 aliphatic heterocycles. The van der Waals surface area contributed by atoms with E-state index in [0.29, 0.717) is 11.8 Å². The Morgan fingerprint density at radius 3 is 2.46 bits per heavy atom. The lowest BCUT2D eigenvalue weighted by atomic mass is 9.77. The Labute approximate surface area is 144 Å². The maximum Gasteiger partial charge on any atom is 0.127 e. The van der Waals surface area contributed by atoms with Crippen molar-refractivity contribution in [2.24, 2.45) is 0 Å². The third-order valence-corrected chi connectivity index (χ3v) is 5.18. The van der Waals surface area contributed by atoms with Gasteiger partial charge in [0, 0.05) is 22.8 Å². The van der Waals surface area contributed by atoms with Gasteiger partial charge in [-0.1, -0.05) is 57.0 Å². The van der Waals surface area contributed by atoms with E-state index in [0.717, 1.165) is 24.2 Å². The Balaban J connectivity index is 1.70. The number of hydrogen-bond acceptors (Lipinski definition) is 5. The Morgan fingerprint density at radius 1 is 1.12 bits per heavy atom. The molecule has 2 aromatic heterocycles. The van der Waals surface area contributed by atoms with Crippen molar-refractivity contribution in [2.75, 3.05) is 0 Å². The zero-order valence-corrected chi connectivity index (χ0v) is 15.7. The molecular formula is C19H29N3O2. The van der Waals surface area contributed by atoms with E-state index in [9.17, 15) is 0 Å². The molecule has 3 rings (SSSR count). The zero-order valence-electron chi connectivity index (χ0n) is 15.7. The number of rotatable bonds is 6. The molecule has 5 nitrogen and oxygen atoms in total. The maximum absolute atomic E-state index is 5.29. The number of nitrogens with zero attached hydrogens (tertiary/aromatic N) is 3. The van der Waals surface area contributed by atoms with Gasteiger partial charge in [-0.25, -0.2) is 4.63 Å². The summed E-state index contributed by atoms with van der Waals surface area (Å²) in [5, 5.41) is 12.6. The summed E-state index contributed by atoms with van der Waals surface area (Å²) < 4.78 is 10.3. The van der Waals surface area contributed by atoms with Crippen molar-refractivity contribution >= 4 is 0 Å². The van der Waals surface area contributed by atoms with E-state index in [1.807, 2.05) is 6.26 Å². The van der Waals surface area contributed by atoms with E-state index in [1.54, 1.807) is 0 Å². The number of hydrogen-bond donors (Lipinski definition) is 0. The standard InChI is InChI=1S/C19H29N3O2/c1-12(15-17(18(2,3)4)22-24-21-15)9-10-19(5,6)14-11-23-20-16(14)13-7-8-13/h11-13H,7-10H2,1-6H3. The first-order chi connectivity index (χ1) is 11.2. The van der Waals surface area contributed by atoms with Crippen LogP contribution in [0.15, 0.2) is 15.4 Å². The second-order valence-corrected chi connectivity index (χ2v) is 8.96. The zero-order chi connectivity index (χ0) is 17.5. The molecule has 2 aromatic rings. The molecule has 1 saturated carbocycles. The van der Waals surface area contributed by atoms with Crippen LogP contribution in [0.3, 0.4) is 0 Å². The van der Waals surface area contributed by atoms with Crippen LogP contribution in [0.1, 0.15) is 102 Å². The third kappa shape index (κ3) is 3.40. The van der Waals surface area contributed by atoms with Gasteiger partial charge < -0.3 is 4.52 Å². The second-order valence-electron chi connectivity index (χ2n) is 8.96. The Bertz CT molecular complexity index is 690. The van der Waals surface area contributed by atoms with Crippen LogP contribution in [-0.2, 0) is 10.8 Å². The molecule has 24 heavy (non-hydrogen) atoms. The molecule has 0 aromatic carbocycles. The summed E-state index contributed by atoms with van der Waals surface area (Å²) in [5.41, 5.74) is 4.40. The van der Waals surface area contributed by atoms with Gasteiger partial charge in [-0.15, -0.1) is 0 Å². The fourth-order valence-electron chi connectivity index (χ4n) is 3.29. The molecule has 0 spiro atoms. The molecule has 1 fully saturated rings. The molecule has 132 valence electrons. The largest absolute Gasteiger partial charge is 0.364 e. The molecule has 1 aliphatic rings. The fourth-order valence-corrected chi connectivity index (χ4v) is 3.29. The van der Waals surface area contributed by atoms with Crippen LogP contribution in [0.2, 0.25) is 0 Å². The topological polar surface area (TPSA) is 65.0 Å². The first kappa shape index (κ1) is 17.2. The molecule has 1 aliphatic carbocycles. The van der Waals surface area contributed by atoms with Gasteiger partial charge >= 0.3 is 0 Å². The lowest BCUT2D eigenvalue weighted by Crippen LogP contribution is -2.20. The summed E-state index contributed by atoms with van der Waals surface area (Å²) in [6, 6.07) is 0. The van der Waals surface area contributed by atoms with E-state index in [4.69, 9.17) is 9.15 Å². The fraction of sp³-hybridized carbons (Fsp3) is 0.737. The van der Waals surface area contributed by atoms with Gasteiger partial charge in [-0.2, -0.15) is 0 Å². The van der Waals surface area contributed by atoms with Crippen molar-refractivity contribution < 1.29 is 9.15 Å². The SMILES string of the molecule is CC(CCC(C)(C)c1conc1C1CC1)c1nonc1C(C)(C)C. The maximum atomic E-state index is 5.29. The average molecular weight is 331 g/mol. The second kappa shape index (κ2) is 6.01. The minimum Gasteiger partial charge on any atom is -0.364 e. The highest BCUT2D eigenvalue weighted by molar-refractivity contribution is 5.30. The minimum absolute atomic E-state index is 0.0469. The summed E-state index contributed by atoms with van der Waals surface area (Å²) in [4.78, 5) is 0. The molecule has 2 heterocycles. The minimum atomic E-state index is -0.0489. The van der Waals surface area contributed by atoms with E-state index in [-0.39, 0.29) is 10.8 Å². The Morgan fingerprint density at radius 2 is 1.83 bits per heavy atom. The Hall–Kier alpha value is -1.65. The molecule has 1 atom stereocenters. The smallest absolute Gasteiger partial charge is 0.127 e.